The lowest BCUT2D eigenvalue weighted by molar-refractivity contribution is 0.765. The number of nitrogen functional groups attached to an aromatic ring is 1. The van der Waals surface area contributed by atoms with Gasteiger partial charge in [-0.2, -0.15) is 20.1 Å². The third-order valence-electron chi connectivity index (χ3n) is 2.35. The molecule has 0 atom stereocenters. The highest BCUT2D eigenvalue weighted by Crippen LogP contribution is 2.11. The van der Waals surface area contributed by atoms with Gasteiger partial charge in [-0.05, 0) is 12.5 Å². The predicted octanol–water partition coefficient (Wildman–Crippen LogP) is 0.189. The van der Waals surface area contributed by atoms with E-state index in [1.165, 1.54) is 0 Å². The Morgan fingerprint density at radius 1 is 1.39 bits per heavy atom. The summed E-state index contributed by atoms with van der Waals surface area (Å²) in [5, 5.41) is 4.09. The van der Waals surface area contributed by atoms with Crippen molar-refractivity contribution in [2.45, 2.75) is 13.3 Å². The summed E-state index contributed by atoms with van der Waals surface area (Å²) in [6, 6.07) is 1.80. The molecule has 0 saturated heterocycles. The first kappa shape index (κ1) is 12.2. The van der Waals surface area contributed by atoms with Crippen LogP contribution in [0.3, 0.4) is 0 Å². The number of anilines is 2. The van der Waals surface area contributed by atoms with Gasteiger partial charge in [0.15, 0.2) is 0 Å². The highest BCUT2D eigenvalue weighted by atomic mass is 15.4. The molecule has 0 amide bonds. The Labute approximate surface area is 105 Å². The van der Waals surface area contributed by atoms with Crippen LogP contribution >= 0.6 is 0 Å². The van der Waals surface area contributed by atoms with Crippen molar-refractivity contribution in [1.82, 2.24) is 24.7 Å². The molecule has 18 heavy (non-hydrogen) atoms. The van der Waals surface area contributed by atoms with Crippen LogP contribution in [0.25, 0.3) is 5.95 Å². The van der Waals surface area contributed by atoms with Gasteiger partial charge in [-0.1, -0.05) is 6.92 Å². The summed E-state index contributed by atoms with van der Waals surface area (Å²) in [6.45, 7) is 2.95. The van der Waals surface area contributed by atoms with Gasteiger partial charge < -0.3 is 4.90 Å². The minimum atomic E-state index is 0.313. The number of hydrogen-bond acceptors (Lipinski definition) is 7. The number of nitrogens with one attached hydrogen (secondary N) is 1. The van der Waals surface area contributed by atoms with E-state index in [-0.39, 0.29) is 0 Å². The number of aromatic nitrogens is 5. The van der Waals surface area contributed by atoms with E-state index in [0.717, 1.165) is 13.0 Å². The molecule has 0 aromatic carbocycles. The smallest absolute Gasteiger partial charge is 0.257 e. The van der Waals surface area contributed by atoms with Crippen LogP contribution in [-0.2, 0) is 0 Å². The first-order valence-corrected chi connectivity index (χ1v) is 5.68. The third kappa shape index (κ3) is 2.54. The third-order valence-corrected chi connectivity index (χ3v) is 2.35. The summed E-state index contributed by atoms with van der Waals surface area (Å²) in [6.07, 6.45) is 4.43. The molecule has 2 aromatic heterocycles. The molecule has 2 rings (SSSR count). The second-order valence-electron chi connectivity index (χ2n) is 3.78. The lowest BCUT2D eigenvalue weighted by Crippen LogP contribution is -2.23. The van der Waals surface area contributed by atoms with E-state index in [9.17, 15) is 0 Å². The molecule has 8 nitrogen and oxygen atoms in total. The van der Waals surface area contributed by atoms with Crippen LogP contribution in [-0.4, -0.2) is 38.3 Å². The Morgan fingerprint density at radius 2 is 2.22 bits per heavy atom. The summed E-state index contributed by atoms with van der Waals surface area (Å²) in [4.78, 5) is 14.7. The first-order chi connectivity index (χ1) is 8.74. The predicted molar refractivity (Wildman–Crippen MR) is 68.3 cm³/mol. The van der Waals surface area contributed by atoms with E-state index in [1.54, 1.807) is 23.1 Å². The molecule has 0 aliphatic carbocycles. The van der Waals surface area contributed by atoms with Crippen LogP contribution in [0.2, 0.25) is 0 Å². The SMILES string of the molecule is CCCN(C)c1nc(NN)nc(-n2cccn2)n1. The molecule has 3 N–H and O–H groups in total. The minimum Gasteiger partial charge on any atom is -0.344 e. The van der Waals surface area contributed by atoms with Gasteiger partial charge in [0.2, 0.25) is 11.9 Å². The molecule has 8 heteroatoms. The maximum Gasteiger partial charge on any atom is 0.257 e. The fraction of sp³-hybridized carbons (Fsp3) is 0.400. The lowest BCUT2D eigenvalue weighted by atomic mass is 10.4. The Balaban J connectivity index is 2.39. The van der Waals surface area contributed by atoms with Crippen molar-refractivity contribution in [3.63, 3.8) is 0 Å². The normalized spacial score (nSPS) is 10.4. The van der Waals surface area contributed by atoms with E-state index in [0.29, 0.717) is 17.8 Å². The number of nitrogens with two attached hydrogens (primary N) is 1. The van der Waals surface area contributed by atoms with Crippen LogP contribution in [0.15, 0.2) is 18.5 Å². The minimum absolute atomic E-state index is 0.313. The number of hydrogen-bond donors (Lipinski definition) is 2. The summed E-state index contributed by atoms with van der Waals surface area (Å²) < 4.78 is 1.56. The van der Waals surface area contributed by atoms with E-state index in [1.807, 2.05) is 11.9 Å². The number of nitrogens with zero attached hydrogens (tertiary/aromatic N) is 6. The summed E-state index contributed by atoms with van der Waals surface area (Å²) in [5.41, 5.74) is 2.44. The zero-order chi connectivity index (χ0) is 13.0. The molecule has 96 valence electrons. The molecule has 2 heterocycles. The van der Waals surface area contributed by atoms with Crippen LogP contribution in [0.1, 0.15) is 13.3 Å². The molecule has 2 aromatic rings. The second-order valence-corrected chi connectivity index (χ2v) is 3.78. The standard InChI is InChI=1S/C10H16N8/c1-3-6-17(2)9-13-8(16-11)14-10(15-9)18-7-4-5-12-18/h4-5,7H,3,6,11H2,1-2H3,(H,13,14,15,16). The van der Waals surface area contributed by atoms with Gasteiger partial charge in [0, 0.05) is 26.0 Å². The Morgan fingerprint density at radius 3 is 2.83 bits per heavy atom. The summed E-state index contributed by atoms with van der Waals surface area (Å²) in [5.74, 6) is 6.67. The van der Waals surface area contributed by atoms with E-state index < -0.39 is 0 Å². The van der Waals surface area contributed by atoms with Crippen LogP contribution in [0.5, 0.6) is 0 Å². The monoisotopic (exact) mass is 248 g/mol. The quantitative estimate of drug-likeness (QED) is 0.575. The second kappa shape index (κ2) is 5.41. The van der Waals surface area contributed by atoms with E-state index in [2.05, 4.69) is 32.4 Å². The van der Waals surface area contributed by atoms with Crippen molar-refractivity contribution in [3.8, 4) is 5.95 Å². The maximum atomic E-state index is 5.36. The molecule has 0 saturated carbocycles. The van der Waals surface area contributed by atoms with Crippen molar-refractivity contribution in [2.75, 3.05) is 23.9 Å². The van der Waals surface area contributed by atoms with Crippen molar-refractivity contribution in [3.05, 3.63) is 18.5 Å². The topological polar surface area (TPSA) is 97.8 Å². The molecule has 0 spiro atoms. The van der Waals surface area contributed by atoms with Crippen LogP contribution < -0.4 is 16.2 Å². The van der Waals surface area contributed by atoms with Gasteiger partial charge in [-0.15, -0.1) is 0 Å². The molecule has 0 radical (unpaired) electrons. The summed E-state index contributed by atoms with van der Waals surface area (Å²) >= 11 is 0. The Kier molecular flexibility index (Phi) is 3.68. The average molecular weight is 248 g/mol. The molecular weight excluding hydrogens is 232 g/mol. The van der Waals surface area contributed by atoms with Crippen LogP contribution in [0, 0.1) is 0 Å². The van der Waals surface area contributed by atoms with Gasteiger partial charge in [-0.25, -0.2) is 10.5 Å². The molecular formula is C10H16N8. The van der Waals surface area contributed by atoms with E-state index >= 15 is 0 Å². The maximum absolute atomic E-state index is 5.36. The fourth-order valence-corrected chi connectivity index (χ4v) is 1.51. The number of rotatable bonds is 5. The van der Waals surface area contributed by atoms with Crippen molar-refractivity contribution in [1.29, 1.82) is 0 Å². The fourth-order valence-electron chi connectivity index (χ4n) is 1.51. The lowest BCUT2D eigenvalue weighted by Gasteiger charge is -2.16. The zero-order valence-corrected chi connectivity index (χ0v) is 10.4. The molecule has 0 unspecified atom stereocenters. The van der Waals surface area contributed by atoms with Gasteiger partial charge in [0.1, 0.15) is 0 Å². The highest BCUT2D eigenvalue weighted by Gasteiger charge is 2.10. The van der Waals surface area contributed by atoms with Gasteiger partial charge in [0.05, 0.1) is 0 Å². The van der Waals surface area contributed by atoms with Gasteiger partial charge in [-0.3, -0.25) is 5.43 Å². The van der Waals surface area contributed by atoms with Gasteiger partial charge in [0.25, 0.3) is 5.95 Å². The van der Waals surface area contributed by atoms with Crippen LogP contribution in [0.4, 0.5) is 11.9 Å². The van der Waals surface area contributed by atoms with Crippen molar-refractivity contribution >= 4 is 11.9 Å². The Bertz CT molecular complexity index is 495. The van der Waals surface area contributed by atoms with Crippen molar-refractivity contribution in [2.24, 2.45) is 5.84 Å². The first-order valence-electron chi connectivity index (χ1n) is 5.68. The molecule has 0 aliphatic rings. The highest BCUT2D eigenvalue weighted by molar-refractivity contribution is 5.38. The largest absolute Gasteiger partial charge is 0.344 e. The van der Waals surface area contributed by atoms with Gasteiger partial charge >= 0.3 is 0 Å². The van der Waals surface area contributed by atoms with Crippen molar-refractivity contribution < 1.29 is 0 Å². The average Bonchev–Trinajstić information content (AvgIpc) is 2.92. The Hall–Kier alpha value is -2.22. The molecule has 0 bridgehead atoms. The number of hydrazine groups is 1. The summed E-state index contributed by atoms with van der Waals surface area (Å²) in [7, 11) is 1.92. The van der Waals surface area contributed by atoms with E-state index in [4.69, 9.17) is 5.84 Å². The zero-order valence-electron chi connectivity index (χ0n) is 10.4. The molecule has 0 fully saturated rings. The molecule has 0 aliphatic heterocycles.